The van der Waals surface area contributed by atoms with E-state index in [0.29, 0.717) is 6.07 Å². The molecule has 0 spiro atoms. The molecule has 0 unspecified atom stereocenters. The zero-order chi connectivity index (χ0) is 15.8. The highest BCUT2D eigenvalue weighted by Crippen LogP contribution is 2.30. The summed E-state index contributed by atoms with van der Waals surface area (Å²) >= 11 is 0. The average Bonchev–Trinajstić information content (AvgIpc) is 2.65. The van der Waals surface area contributed by atoms with Crippen molar-refractivity contribution < 1.29 is 22.8 Å². The van der Waals surface area contributed by atoms with E-state index in [-0.39, 0.29) is 17.8 Å². The molecule has 110 valence electrons. The highest BCUT2D eigenvalue weighted by molar-refractivity contribution is 6.06. The SMILES string of the molecule is CN1C(=O)C[C@@H](Nc2nc(C(F)(F)F)ccc2C#N)C1=O. The van der Waals surface area contributed by atoms with Crippen molar-refractivity contribution in [1.29, 1.82) is 5.26 Å². The van der Waals surface area contributed by atoms with Crippen LogP contribution in [0.2, 0.25) is 0 Å². The molecule has 0 aliphatic carbocycles. The van der Waals surface area contributed by atoms with Crippen LogP contribution < -0.4 is 5.32 Å². The van der Waals surface area contributed by atoms with Crippen LogP contribution in [0, 0.1) is 11.3 Å². The van der Waals surface area contributed by atoms with Gasteiger partial charge in [-0.05, 0) is 12.1 Å². The molecule has 1 saturated heterocycles. The number of amides is 2. The van der Waals surface area contributed by atoms with Gasteiger partial charge < -0.3 is 5.32 Å². The molecule has 1 fully saturated rings. The van der Waals surface area contributed by atoms with Crippen LogP contribution in [-0.2, 0) is 15.8 Å². The number of anilines is 1. The maximum absolute atomic E-state index is 12.6. The van der Waals surface area contributed by atoms with Crippen LogP contribution in [0.1, 0.15) is 17.7 Å². The lowest BCUT2D eigenvalue weighted by Crippen LogP contribution is -2.32. The molecule has 0 aromatic carbocycles. The van der Waals surface area contributed by atoms with Crippen molar-refractivity contribution in [2.75, 3.05) is 12.4 Å². The minimum absolute atomic E-state index is 0.141. The molecular formula is C12H9F3N4O2. The van der Waals surface area contributed by atoms with Gasteiger partial charge in [0.2, 0.25) is 5.91 Å². The molecule has 2 rings (SSSR count). The molecule has 2 heterocycles. The van der Waals surface area contributed by atoms with Gasteiger partial charge in [-0.2, -0.15) is 18.4 Å². The summed E-state index contributed by atoms with van der Waals surface area (Å²) in [4.78, 5) is 27.3. The number of carbonyl (C=O) groups is 2. The van der Waals surface area contributed by atoms with Crippen LogP contribution in [0.25, 0.3) is 0 Å². The smallest absolute Gasteiger partial charge is 0.357 e. The second kappa shape index (κ2) is 5.05. The van der Waals surface area contributed by atoms with Gasteiger partial charge in [-0.15, -0.1) is 0 Å². The topological polar surface area (TPSA) is 86.1 Å². The molecule has 1 aromatic heterocycles. The summed E-state index contributed by atoms with van der Waals surface area (Å²) in [6, 6.07) is 2.30. The molecule has 0 bridgehead atoms. The Labute approximate surface area is 117 Å². The summed E-state index contributed by atoms with van der Waals surface area (Å²) < 4.78 is 37.8. The number of hydrogen-bond donors (Lipinski definition) is 1. The van der Waals surface area contributed by atoms with E-state index in [0.717, 1.165) is 11.0 Å². The lowest BCUT2D eigenvalue weighted by molar-refractivity contribution is -0.141. The predicted octanol–water partition coefficient (Wildman–Crippen LogP) is 1.14. The van der Waals surface area contributed by atoms with Crippen molar-refractivity contribution in [2.24, 2.45) is 0 Å². The molecular weight excluding hydrogens is 289 g/mol. The van der Waals surface area contributed by atoms with E-state index < -0.39 is 29.7 Å². The van der Waals surface area contributed by atoms with Crippen LogP contribution in [0.15, 0.2) is 12.1 Å². The molecule has 1 aliphatic rings. The standard InChI is InChI=1S/C12H9F3N4O2/c1-19-9(20)4-7(11(19)21)17-10-6(5-16)2-3-8(18-10)12(13,14)15/h2-3,7H,4H2,1H3,(H,17,18)/t7-/m1/s1. The lowest BCUT2D eigenvalue weighted by atomic mass is 10.2. The van der Waals surface area contributed by atoms with Gasteiger partial charge in [0, 0.05) is 7.05 Å². The Bertz CT molecular complexity index is 651. The van der Waals surface area contributed by atoms with E-state index in [4.69, 9.17) is 5.26 Å². The van der Waals surface area contributed by atoms with E-state index in [1.807, 2.05) is 0 Å². The third-order valence-corrected chi connectivity index (χ3v) is 3.00. The number of nitrogens with zero attached hydrogens (tertiary/aromatic N) is 3. The van der Waals surface area contributed by atoms with Crippen molar-refractivity contribution in [1.82, 2.24) is 9.88 Å². The average molecular weight is 298 g/mol. The van der Waals surface area contributed by atoms with Crippen molar-refractivity contribution in [3.63, 3.8) is 0 Å². The second-order valence-corrected chi connectivity index (χ2v) is 4.39. The second-order valence-electron chi connectivity index (χ2n) is 4.39. The van der Waals surface area contributed by atoms with Crippen molar-refractivity contribution in [2.45, 2.75) is 18.6 Å². The van der Waals surface area contributed by atoms with Crippen LogP contribution in [0.4, 0.5) is 19.0 Å². The van der Waals surface area contributed by atoms with Gasteiger partial charge in [0.1, 0.15) is 23.6 Å². The summed E-state index contributed by atoms with van der Waals surface area (Å²) in [7, 11) is 1.27. The lowest BCUT2D eigenvalue weighted by Gasteiger charge is -2.14. The van der Waals surface area contributed by atoms with Crippen LogP contribution in [0.3, 0.4) is 0 Å². The number of halogens is 3. The minimum atomic E-state index is -4.67. The minimum Gasteiger partial charge on any atom is -0.357 e. The van der Waals surface area contributed by atoms with Crippen molar-refractivity contribution >= 4 is 17.6 Å². The summed E-state index contributed by atoms with van der Waals surface area (Å²) in [5, 5.41) is 11.3. The molecule has 6 nitrogen and oxygen atoms in total. The largest absolute Gasteiger partial charge is 0.433 e. The number of imide groups is 1. The Kier molecular flexibility index (Phi) is 3.55. The Balaban J connectivity index is 2.33. The number of carbonyl (C=O) groups excluding carboxylic acids is 2. The number of pyridine rings is 1. The zero-order valence-corrected chi connectivity index (χ0v) is 10.7. The fourth-order valence-corrected chi connectivity index (χ4v) is 1.85. The van der Waals surface area contributed by atoms with Gasteiger partial charge in [0.15, 0.2) is 0 Å². The maximum atomic E-state index is 12.6. The highest BCUT2D eigenvalue weighted by atomic mass is 19.4. The van der Waals surface area contributed by atoms with Crippen LogP contribution in [-0.4, -0.2) is 34.8 Å². The van der Waals surface area contributed by atoms with Crippen LogP contribution in [0.5, 0.6) is 0 Å². The van der Waals surface area contributed by atoms with Gasteiger partial charge in [-0.1, -0.05) is 0 Å². The predicted molar refractivity (Wildman–Crippen MR) is 63.8 cm³/mol. The molecule has 0 radical (unpaired) electrons. The Morgan fingerprint density at radius 2 is 2.10 bits per heavy atom. The van der Waals surface area contributed by atoms with E-state index in [9.17, 15) is 22.8 Å². The third-order valence-electron chi connectivity index (χ3n) is 3.00. The number of likely N-dealkylation sites (N-methyl/N-ethyl adjacent to an activating group) is 1. The Morgan fingerprint density at radius 3 is 2.57 bits per heavy atom. The van der Waals surface area contributed by atoms with E-state index in [1.54, 1.807) is 6.07 Å². The maximum Gasteiger partial charge on any atom is 0.433 e. The molecule has 1 aliphatic heterocycles. The summed E-state index contributed by atoms with van der Waals surface area (Å²) in [5.74, 6) is -1.40. The molecule has 21 heavy (non-hydrogen) atoms. The molecule has 9 heteroatoms. The molecule has 2 amide bonds. The molecule has 1 atom stereocenters. The van der Waals surface area contributed by atoms with Gasteiger partial charge >= 0.3 is 6.18 Å². The van der Waals surface area contributed by atoms with Gasteiger partial charge in [-0.3, -0.25) is 14.5 Å². The number of hydrogen-bond acceptors (Lipinski definition) is 5. The van der Waals surface area contributed by atoms with Crippen LogP contribution >= 0.6 is 0 Å². The summed E-state index contributed by atoms with van der Waals surface area (Å²) in [6.45, 7) is 0. The summed E-state index contributed by atoms with van der Waals surface area (Å²) in [5.41, 5.74) is -1.33. The molecule has 1 N–H and O–H groups in total. The fraction of sp³-hybridized carbons (Fsp3) is 0.333. The normalized spacial score (nSPS) is 18.8. The highest BCUT2D eigenvalue weighted by Gasteiger charge is 2.37. The first-order chi connectivity index (χ1) is 9.74. The van der Waals surface area contributed by atoms with Gasteiger partial charge in [0.05, 0.1) is 12.0 Å². The Hall–Kier alpha value is -2.63. The number of likely N-dealkylation sites (tertiary alicyclic amines) is 1. The first kappa shape index (κ1) is 14.8. The first-order valence-electron chi connectivity index (χ1n) is 5.79. The zero-order valence-electron chi connectivity index (χ0n) is 10.7. The number of aromatic nitrogens is 1. The van der Waals surface area contributed by atoms with E-state index in [2.05, 4.69) is 10.3 Å². The van der Waals surface area contributed by atoms with Crippen molar-refractivity contribution in [3.05, 3.63) is 23.4 Å². The summed E-state index contributed by atoms with van der Waals surface area (Å²) in [6.07, 6.45) is -4.87. The third kappa shape index (κ3) is 2.79. The van der Waals surface area contributed by atoms with Gasteiger partial charge in [-0.25, -0.2) is 4.98 Å². The first-order valence-corrected chi connectivity index (χ1v) is 5.79. The monoisotopic (exact) mass is 298 g/mol. The van der Waals surface area contributed by atoms with E-state index >= 15 is 0 Å². The number of rotatable bonds is 2. The van der Waals surface area contributed by atoms with Gasteiger partial charge in [0.25, 0.3) is 5.91 Å². The quantitative estimate of drug-likeness (QED) is 0.827. The molecule has 1 aromatic rings. The number of nitrogens with one attached hydrogen (secondary N) is 1. The van der Waals surface area contributed by atoms with Crippen molar-refractivity contribution in [3.8, 4) is 6.07 Å². The Morgan fingerprint density at radius 1 is 1.43 bits per heavy atom. The fourth-order valence-electron chi connectivity index (χ4n) is 1.85. The number of alkyl halides is 3. The molecule has 0 saturated carbocycles. The van der Waals surface area contributed by atoms with E-state index in [1.165, 1.54) is 7.05 Å². The number of nitriles is 1.